The second kappa shape index (κ2) is 2.51. The first-order chi connectivity index (χ1) is 6.86. The molecule has 4 heteroatoms. The zero-order chi connectivity index (χ0) is 9.54. The highest BCUT2D eigenvalue weighted by atomic mass is 16.1. The van der Waals surface area contributed by atoms with Gasteiger partial charge in [-0.1, -0.05) is 12.1 Å². The summed E-state index contributed by atoms with van der Waals surface area (Å²) in [5.74, 6) is 0. The lowest BCUT2D eigenvalue weighted by Gasteiger charge is -2.18. The van der Waals surface area contributed by atoms with Crippen LogP contribution in [0.15, 0.2) is 51.1 Å². The lowest BCUT2D eigenvalue weighted by Crippen LogP contribution is -2.26. The number of fused-ring (bicyclic) bond motifs is 3. The summed E-state index contributed by atoms with van der Waals surface area (Å²) < 4.78 is 1.64. The van der Waals surface area contributed by atoms with Crippen LogP contribution in [-0.4, -0.2) is 4.57 Å². The molecule has 0 saturated heterocycles. The number of aromatic nitrogens is 1. The lowest BCUT2D eigenvalue weighted by atomic mass is 10.1. The molecule has 1 aromatic rings. The molecule has 0 aromatic carbocycles. The van der Waals surface area contributed by atoms with Crippen LogP contribution >= 0.6 is 0 Å². The van der Waals surface area contributed by atoms with Gasteiger partial charge in [0.25, 0.3) is 5.56 Å². The van der Waals surface area contributed by atoms with Gasteiger partial charge in [0.2, 0.25) is 0 Å². The maximum atomic E-state index is 11.6. The van der Waals surface area contributed by atoms with E-state index in [0.29, 0.717) is 0 Å². The molecule has 1 atom stereocenters. The van der Waals surface area contributed by atoms with Gasteiger partial charge < -0.3 is 0 Å². The van der Waals surface area contributed by atoms with E-state index in [2.05, 4.69) is 10.2 Å². The first-order valence-corrected chi connectivity index (χ1v) is 4.36. The van der Waals surface area contributed by atoms with E-state index < -0.39 is 0 Å². The van der Waals surface area contributed by atoms with E-state index in [0.717, 1.165) is 11.3 Å². The molecule has 0 saturated carbocycles. The van der Waals surface area contributed by atoms with Crippen molar-refractivity contribution >= 4 is 6.08 Å². The predicted octanol–water partition coefficient (Wildman–Crippen LogP) is 1.72. The number of azo groups is 1. The largest absolute Gasteiger partial charge is 0.280 e. The molecule has 0 radical (unpaired) electrons. The molecule has 2 aliphatic rings. The van der Waals surface area contributed by atoms with Crippen LogP contribution in [-0.2, 0) is 0 Å². The quantitative estimate of drug-likeness (QED) is 0.607. The van der Waals surface area contributed by atoms with Gasteiger partial charge in [-0.2, -0.15) is 10.2 Å². The summed E-state index contributed by atoms with van der Waals surface area (Å²) in [5, 5.41) is 7.82. The van der Waals surface area contributed by atoms with Gasteiger partial charge >= 0.3 is 0 Å². The molecule has 1 unspecified atom stereocenters. The highest BCUT2D eigenvalue weighted by molar-refractivity contribution is 5.54. The van der Waals surface area contributed by atoms with Gasteiger partial charge in [-0.15, -0.1) is 0 Å². The van der Waals surface area contributed by atoms with Crippen molar-refractivity contribution in [3.63, 3.8) is 0 Å². The Labute approximate surface area is 79.9 Å². The van der Waals surface area contributed by atoms with Crippen molar-refractivity contribution in [3.8, 4) is 0 Å². The smallest absolute Gasteiger partial charge is 0.253 e. The van der Waals surface area contributed by atoms with Gasteiger partial charge in [-0.3, -0.25) is 9.36 Å². The van der Waals surface area contributed by atoms with Crippen LogP contribution in [0.25, 0.3) is 6.08 Å². The molecule has 0 fully saturated rings. The monoisotopic (exact) mass is 185 g/mol. The van der Waals surface area contributed by atoms with E-state index >= 15 is 0 Å². The predicted molar refractivity (Wildman–Crippen MR) is 51.7 cm³/mol. The average Bonchev–Trinajstić information content (AvgIpc) is 2.65. The summed E-state index contributed by atoms with van der Waals surface area (Å²) in [7, 11) is 0. The topological polar surface area (TPSA) is 46.7 Å². The van der Waals surface area contributed by atoms with Crippen LogP contribution in [0, 0.1) is 0 Å². The highest BCUT2D eigenvalue weighted by Crippen LogP contribution is 2.30. The maximum Gasteiger partial charge on any atom is 0.253 e. The molecule has 14 heavy (non-hydrogen) atoms. The van der Waals surface area contributed by atoms with Crippen molar-refractivity contribution in [1.82, 2.24) is 4.57 Å². The Morgan fingerprint density at radius 1 is 1.29 bits per heavy atom. The zero-order valence-corrected chi connectivity index (χ0v) is 7.29. The molecule has 0 spiro atoms. The fourth-order valence-corrected chi connectivity index (χ4v) is 1.72. The van der Waals surface area contributed by atoms with E-state index in [4.69, 9.17) is 0 Å². The second-order valence-corrected chi connectivity index (χ2v) is 3.23. The Hall–Kier alpha value is -1.97. The number of nitrogens with zero attached hydrogens (tertiary/aromatic N) is 3. The fourth-order valence-electron chi connectivity index (χ4n) is 1.72. The lowest BCUT2D eigenvalue weighted by molar-refractivity contribution is 0.573. The molecular formula is C10H7N3O. The zero-order valence-electron chi connectivity index (χ0n) is 7.29. The molecule has 0 N–H and O–H groups in total. The summed E-state index contributed by atoms with van der Waals surface area (Å²) in [4.78, 5) is 11.6. The molecule has 0 bridgehead atoms. The van der Waals surface area contributed by atoms with Crippen LogP contribution in [0.3, 0.4) is 0 Å². The summed E-state index contributed by atoms with van der Waals surface area (Å²) in [6.45, 7) is 0. The molecule has 2 aliphatic heterocycles. The van der Waals surface area contributed by atoms with Crippen LogP contribution < -0.4 is 5.56 Å². The fraction of sp³-hybridized carbons (Fsp3) is 0.100. The average molecular weight is 185 g/mol. The third kappa shape index (κ3) is 0.849. The molecule has 0 aliphatic carbocycles. The van der Waals surface area contributed by atoms with Crippen LogP contribution in [0.4, 0.5) is 0 Å². The summed E-state index contributed by atoms with van der Waals surface area (Å²) in [5.41, 5.74) is 1.80. The van der Waals surface area contributed by atoms with Crippen LogP contribution in [0.2, 0.25) is 0 Å². The molecule has 4 nitrogen and oxygen atoms in total. The second-order valence-electron chi connectivity index (χ2n) is 3.23. The van der Waals surface area contributed by atoms with Gasteiger partial charge in [0, 0.05) is 17.3 Å². The van der Waals surface area contributed by atoms with Crippen LogP contribution in [0.1, 0.15) is 11.9 Å². The Kier molecular flexibility index (Phi) is 1.33. The van der Waals surface area contributed by atoms with E-state index in [9.17, 15) is 4.79 Å². The minimum absolute atomic E-state index is 0.0383. The molecule has 3 heterocycles. The standard InChI is InChI=1S/C10H7N3O/c14-9-3-1-2-8-5-4-7-6-11-12-10(7)13(8)9/h1-6,10H. The maximum absolute atomic E-state index is 11.6. The third-order valence-corrected chi connectivity index (χ3v) is 2.39. The van der Waals surface area contributed by atoms with E-state index in [-0.39, 0.29) is 11.7 Å². The number of pyridine rings is 1. The number of rotatable bonds is 0. The van der Waals surface area contributed by atoms with Crippen molar-refractivity contribution < 1.29 is 0 Å². The van der Waals surface area contributed by atoms with E-state index in [1.165, 1.54) is 6.07 Å². The first-order valence-electron chi connectivity index (χ1n) is 4.36. The van der Waals surface area contributed by atoms with Crippen molar-refractivity contribution in [3.05, 3.63) is 52.1 Å². The Bertz CT molecular complexity index is 537. The summed E-state index contributed by atoms with van der Waals surface area (Å²) in [6, 6.07) is 5.18. The van der Waals surface area contributed by atoms with E-state index in [1.54, 1.807) is 16.8 Å². The first kappa shape index (κ1) is 7.44. The van der Waals surface area contributed by atoms with Crippen LogP contribution in [0.5, 0.6) is 0 Å². The number of hydrogen-bond acceptors (Lipinski definition) is 3. The van der Waals surface area contributed by atoms with Crippen molar-refractivity contribution in [2.75, 3.05) is 0 Å². The van der Waals surface area contributed by atoms with Gasteiger partial charge in [0.05, 0.1) is 6.20 Å². The summed E-state index contributed by atoms with van der Waals surface area (Å²) >= 11 is 0. The van der Waals surface area contributed by atoms with Crippen molar-refractivity contribution in [1.29, 1.82) is 0 Å². The SMILES string of the molecule is O=c1cccc2n1C1N=NC=C1C=C2. The Balaban J connectivity index is 2.34. The van der Waals surface area contributed by atoms with Gasteiger partial charge in [-0.05, 0) is 12.1 Å². The van der Waals surface area contributed by atoms with Crippen molar-refractivity contribution in [2.45, 2.75) is 6.17 Å². The molecule has 3 rings (SSSR count). The van der Waals surface area contributed by atoms with Gasteiger partial charge in [0.1, 0.15) is 0 Å². The minimum Gasteiger partial charge on any atom is -0.280 e. The third-order valence-electron chi connectivity index (χ3n) is 2.39. The number of hydrogen-bond donors (Lipinski definition) is 0. The minimum atomic E-state index is -0.247. The summed E-state index contributed by atoms with van der Waals surface area (Å²) in [6.07, 6.45) is 5.28. The van der Waals surface area contributed by atoms with Gasteiger partial charge in [-0.25, -0.2) is 0 Å². The molecule has 68 valence electrons. The van der Waals surface area contributed by atoms with E-state index in [1.807, 2.05) is 18.2 Å². The normalized spacial score (nSPS) is 21.7. The molecule has 1 aromatic heterocycles. The Morgan fingerprint density at radius 3 is 3.14 bits per heavy atom. The molecule has 0 amide bonds. The highest BCUT2D eigenvalue weighted by Gasteiger charge is 2.23. The molecular weight excluding hydrogens is 178 g/mol. The van der Waals surface area contributed by atoms with Crippen molar-refractivity contribution in [2.24, 2.45) is 10.2 Å². The Morgan fingerprint density at radius 2 is 2.21 bits per heavy atom. The van der Waals surface area contributed by atoms with Gasteiger partial charge in [0.15, 0.2) is 6.17 Å².